The predicted octanol–water partition coefficient (Wildman–Crippen LogP) is 3.37. The molecule has 0 fully saturated rings. The molecule has 4 nitrogen and oxygen atoms in total. The summed E-state index contributed by atoms with van der Waals surface area (Å²) in [4.78, 5) is 16.2. The molecule has 0 spiro atoms. The molecule has 102 valence electrons. The third-order valence-electron chi connectivity index (χ3n) is 3.46. The number of nitrogens with zero attached hydrogens (tertiary/aromatic N) is 1. The van der Waals surface area contributed by atoms with Crippen molar-refractivity contribution in [3.63, 3.8) is 0 Å². The third kappa shape index (κ3) is 2.64. The van der Waals surface area contributed by atoms with Gasteiger partial charge in [0.2, 0.25) is 5.88 Å². The molecule has 1 heterocycles. The molecule has 4 heteroatoms. The van der Waals surface area contributed by atoms with E-state index in [-0.39, 0.29) is 5.78 Å². The van der Waals surface area contributed by atoms with Gasteiger partial charge in [-0.25, -0.2) is 4.98 Å². The number of nitrogen functional groups attached to an aromatic ring is 1. The van der Waals surface area contributed by atoms with E-state index in [9.17, 15) is 4.79 Å². The van der Waals surface area contributed by atoms with Crippen molar-refractivity contribution in [2.24, 2.45) is 0 Å². The number of fused-ring (bicyclic) bond motifs is 1. The summed E-state index contributed by atoms with van der Waals surface area (Å²) in [6, 6.07) is 9.13. The molecule has 0 radical (unpaired) electrons. The van der Waals surface area contributed by atoms with E-state index < -0.39 is 0 Å². The third-order valence-corrected chi connectivity index (χ3v) is 3.46. The zero-order valence-corrected chi connectivity index (χ0v) is 11.1. The number of carbonyl (C=O) groups is 1. The predicted molar refractivity (Wildman–Crippen MR) is 77.1 cm³/mol. The van der Waals surface area contributed by atoms with Crippen molar-refractivity contribution < 1.29 is 9.53 Å². The molecule has 0 amide bonds. The maximum atomic E-state index is 12.1. The molecular weight excluding hydrogens is 252 g/mol. The molecule has 3 rings (SSSR count). The molecule has 20 heavy (non-hydrogen) atoms. The lowest BCUT2D eigenvalue weighted by atomic mass is 10.0. The number of carbonyl (C=O) groups excluding carboxylic acids is 1. The van der Waals surface area contributed by atoms with Gasteiger partial charge in [-0.3, -0.25) is 4.79 Å². The van der Waals surface area contributed by atoms with Gasteiger partial charge in [-0.1, -0.05) is 6.07 Å². The standard InChI is InChI=1S/C16H16N2O2/c17-12-6-8-16(18-10-12)20-13-7-5-11-3-1-2-4-15(19)14(11)9-13/h5-10H,1-4,17H2. The van der Waals surface area contributed by atoms with Crippen LogP contribution >= 0.6 is 0 Å². The maximum absolute atomic E-state index is 12.1. The van der Waals surface area contributed by atoms with Crippen molar-refractivity contribution >= 4 is 11.5 Å². The van der Waals surface area contributed by atoms with Crippen LogP contribution < -0.4 is 10.5 Å². The summed E-state index contributed by atoms with van der Waals surface area (Å²) < 4.78 is 5.67. The Morgan fingerprint density at radius 2 is 1.95 bits per heavy atom. The molecule has 0 saturated heterocycles. The summed E-state index contributed by atoms with van der Waals surface area (Å²) in [5.74, 6) is 1.31. The number of nitrogens with two attached hydrogens (primary N) is 1. The van der Waals surface area contributed by atoms with Gasteiger partial charge in [0.1, 0.15) is 5.75 Å². The first-order valence-corrected chi connectivity index (χ1v) is 6.78. The quantitative estimate of drug-likeness (QED) is 0.848. The van der Waals surface area contributed by atoms with Crippen LogP contribution in [-0.2, 0) is 6.42 Å². The number of aryl methyl sites for hydroxylation is 1. The molecule has 0 atom stereocenters. The number of hydrogen-bond donors (Lipinski definition) is 1. The van der Waals surface area contributed by atoms with E-state index in [0.29, 0.717) is 23.7 Å². The Kier molecular flexibility index (Phi) is 3.37. The van der Waals surface area contributed by atoms with Gasteiger partial charge in [0, 0.05) is 18.1 Å². The minimum atomic E-state index is 0.202. The number of hydrogen-bond acceptors (Lipinski definition) is 4. The maximum Gasteiger partial charge on any atom is 0.219 e. The van der Waals surface area contributed by atoms with Gasteiger partial charge >= 0.3 is 0 Å². The van der Waals surface area contributed by atoms with Crippen LogP contribution in [0.5, 0.6) is 11.6 Å². The fraction of sp³-hybridized carbons (Fsp3) is 0.250. The normalized spacial score (nSPS) is 14.5. The molecule has 2 N–H and O–H groups in total. The molecule has 0 aliphatic heterocycles. The van der Waals surface area contributed by atoms with E-state index in [0.717, 1.165) is 30.4 Å². The van der Waals surface area contributed by atoms with Crippen molar-refractivity contribution in [3.05, 3.63) is 47.7 Å². The molecule has 1 aliphatic rings. The number of ketones is 1. The highest BCUT2D eigenvalue weighted by Gasteiger charge is 2.16. The Balaban J connectivity index is 1.88. The number of aromatic nitrogens is 1. The van der Waals surface area contributed by atoms with Crippen molar-refractivity contribution in [1.29, 1.82) is 0 Å². The van der Waals surface area contributed by atoms with Crippen molar-refractivity contribution in [1.82, 2.24) is 4.98 Å². The van der Waals surface area contributed by atoms with Gasteiger partial charge in [-0.15, -0.1) is 0 Å². The highest BCUT2D eigenvalue weighted by molar-refractivity contribution is 5.98. The lowest BCUT2D eigenvalue weighted by molar-refractivity contribution is 0.0981. The van der Waals surface area contributed by atoms with Gasteiger partial charge in [0.25, 0.3) is 0 Å². The van der Waals surface area contributed by atoms with Crippen LogP contribution in [-0.4, -0.2) is 10.8 Å². The summed E-state index contributed by atoms with van der Waals surface area (Å²) in [6.45, 7) is 0. The van der Waals surface area contributed by atoms with Crippen molar-refractivity contribution in [3.8, 4) is 11.6 Å². The van der Waals surface area contributed by atoms with Crippen molar-refractivity contribution in [2.75, 3.05) is 5.73 Å². The van der Waals surface area contributed by atoms with Crippen LogP contribution in [0.3, 0.4) is 0 Å². The molecule has 1 aromatic carbocycles. The van der Waals surface area contributed by atoms with Gasteiger partial charge < -0.3 is 10.5 Å². The molecule has 1 aromatic heterocycles. The van der Waals surface area contributed by atoms with Crippen LogP contribution in [0.4, 0.5) is 5.69 Å². The SMILES string of the molecule is Nc1ccc(Oc2ccc3c(c2)C(=O)CCCC3)nc1. The summed E-state index contributed by atoms with van der Waals surface area (Å²) in [7, 11) is 0. The summed E-state index contributed by atoms with van der Waals surface area (Å²) in [6.07, 6.45) is 5.16. The van der Waals surface area contributed by atoms with E-state index in [2.05, 4.69) is 4.98 Å². The van der Waals surface area contributed by atoms with Gasteiger partial charge in [-0.05, 0) is 43.0 Å². The van der Waals surface area contributed by atoms with Crippen LogP contribution in [0, 0.1) is 0 Å². The van der Waals surface area contributed by atoms with Crippen LogP contribution in [0.25, 0.3) is 0 Å². The molecule has 2 aromatic rings. The first kappa shape index (κ1) is 12.7. The zero-order valence-electron chi connectivity index (χ0n) is 11.1. The fourth-order valence-electron chi connectivity index (χ4n) is 2.41. The number of pyridine rings is 1. The minimum absolute atomic E-state index is 0.202. The minimum Gasteiger partial charge on any atom is -0.439 e. The molecular formula is C16H16N2O2. The van der Waals surface area contributed by atoms with Crippen LogP contribution in [0.1, 0.15) is 35.2 Å². The Bertz CT molecular complexity index is 635. The second-order valence-electron chi connectivity index (χ2n) is 4.98. The number of Topliss-reactive ketones (excluding diaryl/α,β-unsaturated/α-hetero) is 1. The van der Waals surface area contributed by atoms with E-state index in [1.807, 2.05) is 18.2 Å². The van der Waals surface area contributed by atoms with E-state index in [1.54, 1.807) is 18.3 Å². The average Bonchev–Trinajstić information content (AvgIpc) is 2.64. The summed E-state index contributed by atoms with van der Waals surface area (Å²) in [5.41, 5.74) is 8.08. The lowest BCUT2D eigenvalue weighted by Gasteiger charge is -2.09. The average molecular weight is 268 g/mol. The number of anilines is 1. The van der Waals surface area contributed by atoms with Gasteiger partial charge in [0.15, 0.2) is 5.78 Å². The number of rotatable bonds is 2. The highest BCUT2D eigenvalue weighted by Crippen LogP contribution is 2.27. The first-order valence-electron chi connectivity index (χ1n) is 6.78. The largest absolute Gasteiger partial charge is 0.439 e. The monoisotopic (exact) mass is 268 g/mol. The summed E-state index contributed by atoms with van der Waals surface area (Å²) >= 11 is 0. The Morgan fingerprint density at radius 1 is 1.10 bits per heavy atom. The number of benzene rings is 1. The zero-order chi connectivity index (χ0) is 13.9. The van der Waals surface area contributed by atoms with E-state index in [1.165, 1.54) is 0 Å². The second-order valence-corrected chi connectivity index (χ2v) is 4.98. The topological polar surface area (TPSA) is 65.2 Å². The number of ether oxygens (including phenoxy) is 1. The van der Waals surface area contributed by atoms with Crippen LogP contribution in [0.15, 0.2) is 36.5 Å². The van der Waals surface area contributed by atoms with E-state index >= 15 is 0 Å². The summed E-state index contributed by atoms with van der Waals surface area (Å²) in [5, 5.41) is 0. The Labute approximate surface area is 117 Å². The van der Waals surface area contributed by atoms with E-state index in [4.69, 9.17) is 10.5 Å². The lowest BCUT2D eigenvalue weighted by Crippen LogP contribution is -2.00. The van der Waals surface area contributed by atoms with Crippen molar-refractivity contribution in [2.45, 2.75) is 25.7 Å². The smallest absolute Gasteiger partial charge is 0.219 e. The highest BCUT2D eigenvalue weighted by atomic mass is 16.5. The molecule has 0 bridgehead atoms. The Morgan fingerprint density at radius 3 is 2.75 bits per heavy atom. The molecule has 0 unspecified atom stereocenters. The Hall–Kier alpha value is -2.36. The van der Waals surface area contributed by atoms with Gasteiger partial charge in [0.05, 0.1) is 11.9 Å². The fourth-order valence-corrected chi connectivity index (χ4v) is 2.41. The first-order chi connectivity index (χ1) is 9.72. The van der Waals surface area contributed by atoms with Crippen LogP contribution in [0.2, 0.25) is 0 Å². The second kappa shape index (κ2) is 5.33. The molecule has 1 aliphatic carbocycles. The van der Waals surface area contributed by atoms with Gasteiger partial charge in [-0.2, -0.15) is 0 Å². The molecule has 0 saturated carbocycles.